The molecule has 0 aliphatic carbocycles. The van der Waals surface area contributed by atoms with Gasteiger partial charge >= 0.3 is 0 Å². The first-order valence-electron chi connectivity index (χ1n) is 5.29. The van der Waals surface area contributed by atoms with Crippen molar-refractivity contribution < 1.29 is 0 Å². The van der Waals surface area contributed by atoms with E-state index in [2.05, 4.69) is 56.5 Å². The summed E-state index contributed by atoms with van der Waals surface area (Å²) < 4.78 is 0. The van der Waals surface area contributed by atoms with E-state index in [9.17, 15) is 0 Å². The van der Waals surface area contributed by atoms with Crippen molar-refractivity contribution in [3.8, 4) is 0 Å². The van der Waals surface area contributed by atoms with Crippen molar-refractivity contribution in [3.05, 3.63) is 42.0 Å². The highest BCUT2D eigenvalue weighted by Crippen LogP contribution is 2.32. The van der Waals surface area contributed by atoms with E-state index >= 15 is 0 Å². The van der Waals surface area contributed by atoms with Crippen LogP contribution < -0.4 is 0 Å². The zero-order valence-corrected chi connectivity index (χ0v) is 10.3. The highest BCUT2D eigenvalue weighted by Gasteiger charge is 2.07. The van der Waals surface area contributed by atoms with Gasteiger partial charge in [0, 0.05) is 4.90 Å². The summed E-state index contributed by atoms with van der Waals surface area (Å²) in [5, 5.41) is 2.79. The van der Waals surface area contributed by atoms with Gasteiger partial charge in [-0.2, -0.15) is 0 Å². The van der Waals surface area contributed by atoms with Crippen LogP contribution in [0.1, 0.15) is 25.3 Å². The number of thioether (sulfide) groups is 1. The maximum Gasteiger partial charge on any atom is 0.0150 e. The molecule has 0 fully saturated rings. The van der Waals surface area contributed by atoms with Gasteiger partial charge in [0.15, 0.2) is 0 Å². The molecule has 0 unspecified atom stereocenters. The van der Waals surface area contributed by atoms with Gasteiger partial charge in [0.05, 0.1) is 0 Å². The van der Waals surface area contributed by atoms with Crippen molar-refractivity contribution in [2.75, 3.05) is 6.26 Å². The van der Waals surface area contributed by atoms with Crippen LogP contribution in [0, 0.1) is 0 Å². The second-order valence-electron chi connectivity index (χ2n) is 4.06. The van der Waals surface area contributed by atoms with Crippen molar-refractivity contribution in [3.63, 3.8) is 0 Å². The van der Waals surface area contributed by atoms with Gasteiger partial charge < -0.3 is 0 Å². The van der Waals surface area contributed by atoms with Crippen molar-refractivity contribution in [1.82, 2.24) is 0 Å². The lowest BCUT2D eigenvalue weighted by Crippen LogP contribution is -1.90. The van der Waals surface area contributed by atoms with Crippen molar-refractivity contribution in [2.24, 2.45) is 0 Å². The molecule has 0 saturated carbocycles. The third-order valence-corrected chi connectivity index (χ3v) is 3.52. The number of fused-ring (bicyclic) bond motifs is 1. The fourth-order valence-electron chi connectivity index (χ4n) is 1.99. The summed E-state index contributed by atoms with van der Waals surface area (Å²) >= 11 is 1.83. The Bertz CT molecular complexity index is 466. The minimum Gasteiger partial charge on any atom is -0.129 e. The van der Waals surface area contributed by atoms with Gasteiger partial charge in [0.1, 0.15) is 0 Å². The minimum atomic E-state index is 0.585. The molecule has 0 nitrogen and oxygen atoms in total. The topological polar surface area (TPSA) is 0 Å². The summed E-state index contributed by atoms with van der Waals surface area (Å²) in [5.41, 5.74) is 1.46. The summed E-state index contributed by atoms with van der Waals surface area (Å²) in [6, 6.07) is 13.1. The zero-order chi connectivity index (χ0) is 10.8. The van der Waals surface area contributed by atoms with Crippen LogP contribution in [-0.2, 0) is 0 Å². The molecule has 15 heavy (non-hydrogen) atoms. The Hall–Kier alpha value is -0.950. The first kappa shape index (κ1) is 10.6. The van der Waals surface area contributed by atoms with Crippen LogP contribution in [0.5, 0.6) is 0 Å². The summed E-state index contributed by atoms with van der Waals surface area (Å²) in [6.07, 6.45) is 2.14. The smallest absolute Gasteiger partial charge is 0.0150 e. The number of hydrogen-bond donors (Lipinski definition) is 0. The van der Waals surface area contributed by atoms with Gasteiger partial charge in [-0.25, -0.2) is 0 Å². The molecular weight excluding hydrogens is 200 g/mol. The molecule has 2 rings (SSSR count). The molecular formula is C14H16S. The van der Waals surface area contributed by atoms with Crippen molar-refractivity contribution in [1.29, 1.82) is 0 Å². The molecule has 0 aromatic heterocycles. The van der Waals surface area contributed by atoms with Crippen LogP contribution in [0.2, 0.25) is 0 Å². The van der Waals surface area contributed by atoms with Crippen LogP contribution in [0.3, 0.4) is 0 Å². The first-order valence-corrected chi connectivity index (χ1v) is 6.52. The second kappa shape index (κ2) is 4.28. The van der Waals surface area contributed by atoms with E-state index in [1.54, 1.807) is 0 Å². The van der Waals surface area contributed by atoms with Crippen molar-refractivity contribution >= 4 is 22.5 Å². The maximum absolute atomic E-state index is 2.26. The van der Waals surface area contributed by atoms with Gasteiger partial charge in [0.25, 0.3) is 0 Å². The molecule has 0 N–H and O–H groups in total. The standard InChI is InChI=1S/C14H16S/c1-10(2)12-8-4-6-11-7-5-9-13(15-3)14(11)12/h4-10H,1-3H3. The van der Waals surface area contributed by atoms with E-state index < -0.39 is 0 Å². The lowest BCUT2D eigenvalue weighted by Gasteiger charge is -2.12. The lowest BCUT2D eigenvalue weighted by molar-refractivity contribution is 0.874. The van der Waals surface area contributed by atoms with Crippen molar-refractivity contribution in [2.45, 2.75) is 24.7 Å². The molecule has 0 bridgehead atoms. The molecule has 0 atom stereocenters. The molecule has 0 saturated heterocycles. The Morgan fingerprint density at radius 2 is 1.67 bits per heavy atom. The van der Waals surface area contributed by atoms with Crippen LogP contribution in [0.4, 0.5) is 0 Å². The molecule has 0 aliphatic heterocycles. The van der Waals surface area contributed by atoms with E-state index in [-0.39, 0.29) is 0 Å². The van der Waals surface area contributed by atoms with E-state index in [0.717, 1.165) is 0 Å². The maximum atomic E-state index is 2.26. The normalized spacial score (nSPS) is 11.2. The fourth-order valence-corrected chi connectivity index (χ4v) is 2.64. The number of hydrogen-bond acceptors (Lipinski definition) is 1. The van der Waals surface area contributed by atoms with Gasteiger partial charge in [0.2, 0.25) is 0 Å². The fraction of sp³-hybridized carbons (Fsp3) is 0.286. The average molecular weight is 216 g/mol. The highest BCUT2D eigenvalue weighted by molar-refractivity contribution is 7.98. The second-order valence-corrected chi connectivity index (χ2v) is 4.91. The van der Waals surface area contributed by atoms with Gasteiger partial charge in [-0.05, 0) is 34.6 Å². The molecule has 2 aromatic rings. The quantitative estimate of drug-likeness (QED) is 0.656. The molecule has 0 spiro atoms. The average Bonchev–Trinajstić information content (AvgIpc) is 2.27. The Kier molecular flexibility index (Phi) is 3.01. The Balaban J connectivity index is 2.81. The minimum absolute atomic E-state index is 0.585. The van der Waals surface area contributed by atoms with Crippen LogP contribution >= 0.6 is 11.8 Å². The first-order chi connectivity index (χ1) is 7.24. The van der Waals surface area contributed by atoms with E-state index in [4.69, 9.17) is 0 Å². The van der Waals surface area contributed by atoms with Crippen LogP contribution in [0.15, 0.2) is 41.3 Å². The molecule has 0 aliphatic rings. The zero-order valence-electron chi connectivity index (χ0n) is 9.45. The predicted molar refractivity (Wildman–Crippen MR) is 69.8 cm³/mol. The number of rotatable bonds is 2. The highest BCUT2D eigenvalue weighted by atomic mass is 32.2. The van der Waals surface area contributed by atoms with E-state index in [0.29, 0.717) is 5.92 Å². The Morgan fingerprint density at radius 1 is 1.00 bits per heavy atom. The monoisotopic (exact) mass is 216 g/mol. The van der Waals surface area contributed by atoms with Gasteiger partial charge in [-0.15, -0.1) is 11.8 Å². The van der Waals surface area contributed by atoms with Gasteiger partial charge in [-0.1, -0.05) is 44.2 Å². The van der Waals surface area contributed by atoms with E-state index in [1.165, 1.54) is 21.2 Å². The Morgan fingerprint density at radius 3 is 2.27 bits per heavy atom. The molecule has 78 valence electrons. The van der Waals surface area contributed by atoms with E-state index in [1.807, 2.05) is 11.8 Å². The molecule has 2 aromatic carbocycles. The predicted octanol–water partition coefficient (Wildman–Crippen LogP) is 4.69. The molecule has 1 heteroatoms. The summed E-state index contributed by atoms with van der Waals surface area (Å²) in [7, 11) is 0. The summed E-state index contributed by atoms with van der Waals surface area (Å²) in [4.78, 5) is 1.39. The molecule has 0 amide bonds. The Labute approximate surface area is 95.7 Å². The SMILES string of the molecule is CSc1cccc2cccc(C(C)C)c12. The molecule has 0 heterocycles. The third kappa shape index (κ3) is 1.89. The largest absolute Gasteiger partial charge is 0.129 e. The molecule has 0 radical (unpaired) electrons. The third-order valence-electron chi connectivity index (χ3n) is 2.74. The van der Waals surface area contributed by atoms with Gasteiger partial charge in [-0.3, -0.25) is 0 Å². The summed E-state index contributed by atoms with van der Waals surface area (Å²) in [6.45, 7) is 4.51. The van der Waals surface area contributed by atoms with Crippen LogP contribution in [-0.4, -0.2) is 6.26 Å². The van der Waals surface area contributed by atoms with Crippen LogP contribution in [0.25, 0.3) is 10.8 Å². The summed E-state index contributed by atoms with van der Waals surface area (Å²) in [5.74, 6) is 0.585. The lowest BCUT2D eigenvalue weighted by atomic mass is 9.96. The number of benzene rings is 2.